The molecule has 0 spiro atoms. The van der Waals surface area contributed by atoms with E-state index >= 15 is 0 Å². The van der Waals surface area contributed by atoms with Crippen LogP contribution < -0.4 is 11.1 Å². The molecule has 108 valence electrons. The molecule has 20 heavy (non-hydrogen) atoms. The van der Waals surface area contributed by atoms with Crippen LogP contribution in [0.3, 0.4) is 0 Å². The summed E-state index contributed by atoms with van der Waals surface area (Å²) in [7, 11) is 2.26. The fourth-order valence-corrected chi connectivity index (χ4v) is 3.70. The quantitative estimate of drug-likeness (QED) is 0.824. The first-order chi connectivity index (χ1) is 9.65. The summed E-state index contributed by atoms with van der Waals surface area (Å²) >= 11 is 5.04. The Balaban J connectivity index is 1.74. The van der Waals surface area contributed by atoms with Crippen molar-refractivity contribution in [1.82, 2.24) is 14.9 Å². The van der Waals surface area contributed by atoms with Gasteiger partial charge in [0.05, 0.1) is 0 Å². The Labute approximate surface area is 125 Å². The zero-order chi connectivity index (χ0) is 14.1. The zero-order valence-corrected chi connectivity index (χ0v) is 12.6. The van der Waals surface area contributed by atoms with E-state index in [9.17, 15) is 0 Å². The zero-order valence-electron chi connectivity index (χ0n) is 11.7. The molecule has 2 aliphatic rings. The van der Waals surface area contributed by atoms with Crippen LogP contribution in [0.2, 0.25) is 0 Å². The van der Waals surface area contributed by atoms with Crippen molar-refractivity contribution < 1.29 is 0 Å². The molecule has 2 unspecified atom stereocenters. The third-order valence-corrected chi connectivity index (χ3v) is 4.81. The van der Waals surface area contributed by atoms with Gasteiger partial charge < -0.3 is 16.0 Å². The summed E-state index contributed by atoms with van der Waals surface area (Å²) in [5.74, 6) is 0.729. The Morgan fingerprint density at radius 1 is 1.30 bits per heavy atom. The minimum absolute atomic E-state index is 0.300. The average molecular weight is 291 g/mol. The molecule has 0 amide bonds. The predicted molar refractivity (Wildman–Crippen MR) is 83.8 cm³/mol. The van der Waals surface area contributed by atoms with E-state index in [1.165, 1.54) is 19.3 Å². The molecule has 6 heteroatoms. The minimum Gasteiger partial charge on any atom is -0.388 e. The van der Waals surface area contributed by atoms with Crippen molar-refractivity contribution in [2.45, 2.75) is 50.2 Å². The highest BCUT2D eigenvalue weighted by Gasteiger charge is 2.36. The molecule has 2 saturated heterocycles. The summed E-state index contributed by atoms with van der Waals surface area (Å²) in [5.41, 5.74) is 6.32. The van der Waals surface area contributed by atoms with Crippen molar-refractivity contribution >= 4 is 23.0 Å². The highest BCUT2D eigenvalue weighted by molar-refractivity contribution is 7.80. The molecule has 2 atom stereocenters. The van der Waals surface area contributed by atoms with E-state index in [2.05, 4.69) is 27.2 Å². The van der Waals surface area contributed by atoms with Crippen LogP contribution in [-0.2, 0) is 0 Å². The molecular weight excluding hydrogens is 270 g/mol. The number of hydrogen-bond acceptors (Lipinski definition) is 5. The van der Waals surface area contributed by atoms with E-state index in [-0.39, 0.29) is 0 Å². The molecule has 0 saturated carbocycles. The molecule has 0 radical (unpaired) electrons. The fourth-order valence-electron chi connectivity index (χ4n) is 3.55. The van der Waals surface area contributed by atoms with Crippen molar-refractivity contribution in [2.24, 2.45) is 5.73 Å². The van der Waals surface area contributed by atoms with Gasteiger partial charge in [-0.25, -0.2) is 9.97 Å². The number of fused-ring (bicyclic) bond motifs is 2. The van der Waals surface area contributed by atoms with E-state index in [1.807, 2.05) is 0 Å². The molecule has 3 rings (SSSR count). The summed E-state index contributed by atoms with van der Waals surface area (Å²) in [5, 5.41) is 3.51. The van der Waals surface area contributed by atoms with Gasteiger partial charge in [0.1, 0.15) is 10.7 Å². The van der Waals surface area contributed by atoms with Crippen LogP contribution >= 0.6 is 12.2 Å². The SMILES string of the molecule is CN1C2CCCC1CC(Nc1nccnc1C(N)=S)C2. The van der Waals surface area contributed by atoms with Crippen molar-refractivity contribution in [3.63, 3.8) is 0 Å². The molecule has 2 fully saturated rings. The Bertz CT molecular complexity index is 492. The number of hydrogen-bond donors (Lipinski definition) is 2. The lowest BCUT2D eigenvalue weighted by Gasteiger charge is -2.47. The van der Waals surface area contributed by atoms with Crippen molar-refractivity contribution in [3.8, 4) is 0 Å². The molecule has 1 aromatic heterocycles. The smallest absolute Gasteiger partial charge is 0.155 e. The van der Waals surface area contributed by atoms with Crippen LogP contribution in [0.5, 0.6) is 0 Å². The van der Waals surface area contributed by atoms with Crippen LogP contribution in [0.4, 0.5) is 5.82 Å². The summed E-state index contributed by atoms with van der Waals surface area (Å²) < 4.78 is 0. The predicted octanol–water partition coefficient (Wildman–Crippen LogP) is 1.54. The van der Waals surface area contributed by atoms with Crippen molar-refractivity contribution in [1.29, 1.82) is 0 Å². The van der Waals surface area contributed by atoms with Crippen LogP contribution in [0.25, 0.3) is 0 Å². The van der Waals surface area contributed by atoms with Gasteiger partial charge in [0.2, 0.25) is 0 Å². The highest BCUT2D eigenvalue weighted by Crippen LogP contribution is 2.33. The maximum atomic E-state index is 5.71. The molecular formula is C14H21N5S. The fraction of sp³-hybridized carbons (Fsp3) is 0.643. The second kappa shape index (κ2) is 5.61. The van der Waals surface area contributed by atoms with Gasteiger partial charge in [-0.1, -0.05) is 18.6 Å². The monoisotopic (exact) mass is 291 g/mol. The summed E-state index contributed by atoms with van der Waals surface area (Å²) in [6, 6.07) is 1.81. The lowest BCUT2D eigenvalue weighted by molar-refractivity contribution is 0.0608. The lowest BCUT2D eigenvalue weighted by Crippen LogP contribution is -2.53. The number of nitrogens with two attached hydrogens (primary N) is 1. The van der Waals surface area contributed by atoms with Crippen LogP contribution in [0.1, 0.15) is 37.8 Å². The number of nitrogens with one attached hydrogen (secondary N) is 1. The number of anilines is 1. The van der Waals surface area contributed by atoms with Crippen molar-refractivity contribution in [2.75, 3.05) is 12.4 Å². The van der Waals surface area contributed by atoms with E-state index in [4.69, 9.17) is 18.0 Å². The minimum atomic E-state index is 0.300. The first-order valence-electron chi connectivity index (χ1n) is 7.24. The number of thiocarbonyl (C=S) groups is 1. The molecule has 5 nitrogen and oxygen atoms in total. The van der Waals surface area contributed by atoms with Crippen LogP contribution in [0.15, 0.2) is 12.4 Å². The first-order valence-corrected chi connectivity index (χ1v) is 7.65. The summed E-state index contributed by atoms with van der Waals surface area (Å²) in [6.07, 6.45) is 9.57. The lowest BCUT2D eigenvalue weighted by atomic mass is 9.82. The maximum Gasteiger partial charge on any atom is 0.155 e. The van der Waals surface area contributed by atoms with Gasteiger partial charge in [0.25, 0.3) is 0 Å². The summed E-state index contributed by atoms with van der Waals surface area (Å²) in [4.78, 5) is 11.4. The van der Waals surface area contributed by atoms with Gasteiger partial charge in [-0.15, -0.1) is 0 Å². The Hall–Kier alpha value is -1.27. The van der Waals surface area contributed by atoms with E-state index in [0.29, 0.717) is 28.8 Å². The van der Waals surface area contributed by atoms with E-state index in [1.54, 1.807) is 12.4 Å². The van der Waals surface area contributed by atoms with Gasteiger partial charge in [-0.3, -0.25) is 0 Å². The largest absolute Gasteiger partial charge is 0.388 e. The van der Waals surface area contributed by atoms with E-state index in [0.717, 1.165) is 18.7 Å². The molecule has 3 N–H and O–H groups in total. The van der Waals surface area contributed by atoms with Gasteiger partial charge in [0, 0.05) is 30.5 Å². The average Bonchev–Trinajstić information content (AvgIpc) is 2.40. The Morgan fingerprint density at radius 2 is 1.95 bits per heavy atom. The molecule has 0 aromatic carbocycles. The van der Waals surface area contributed by atoms with Crippen LogP contribution in [-0.4, -0.2) is 45.0 Å². The number of piperidine rings is 2. The third-order valence-electron chi connectivity index (χ3n) is 4.61. The third kappa shape index (κ3) is 2.62. The molecule has 0 aliphatic carbocycles. The first kappa shape index (κ1) is 13.7. The normalized spacial score (nSPS) is 29.9. The van der Waals surface area contributed by atoms with Gasteiger partial charge in [-0.05, 0) is 32.7 Å². The van der Waals surface area contributed by atoms with Gasteiger partial charge in [0.15, 0.2) is 5.82 Å². The topological polar surface area (TPSA) is 67.1 Å². The standard InChI is InChI=1S/C14H21N5S/c1-19-10-3-2-4-11(19)8-9(7-10)18-14-12(13(15)20)16-5-6-17-14/h5-6,9-11H,2-4,7-8H2,1H3,(H2,15,20)(H,17,18). The summed E-state index contributed by atoms with van der Waals surface area (Å²) in [6.45, 7) is 0. The Morgan fingerprint density at radius 3 is 2.60 bits per heavy atom. The van der Waals surface area contributed by atoms with Gasteiger partial charge in [-0.2, -0.15) is 0 Å². The Kier molecular flexibility index (Phi) is 3.85. The highest BCUT2D eigenvalue weighted by atomic mass is 32.1. The number of rotatable bonds is 3. The molecule has 1 aromatic rings. The van der Waals surface area contributed by atoms with Gasteiger partial charge >= 0.3 is 0 Å². The number of nitrogens with zero attached hydrogens (tertiary/aromatic N) is 3. The molecule has 2 bridgehead atoms. The van der Waals surface area contributed by atoms with Crippen LogP contribution in [0, 0.1) is 0 Å². The van der Waals surface area contributed by atoms with E-state index < -0.39 is 0 Å². The number of aromatic nitrogens is 2. The maximum absolute atomic E-state index is 5.71. The molecule has 2 aliphatic heterocycles. The second-order valence-electron chi connectivity index (χ2n) is 5.83. The molecule has 3 heterocycles. The second-order valence-corrected chi connectivity index (χ2v) is 6.27. The van der Waals surface area contributed by atoms with Crippen molar-refractivity contribution in [3.05, 3.63) is 18.1 Å².